The number of carbonyl (C=O) groups is 1. The molecule has 0 aromatic heterocycles. The number of nitrogens with one attached hydrogen (secondary N) is 1. The van der Waals surface area contributed by atoms with Gasteiger partial charge >= 0.3 is 0 Å². The molecule has 0 saturated carbocycles. The minimum Gasteiger partial charge on any atom is -0.497 e. The number of amides is 1. The molecule has 4 aromatic rings. The van der Waals surface area contributed by atoms with Gasteiger partial charge < -0.3 is 4.74 Å². The number of hydrazone groups is 1. The van der Waals surface area contributed by atoms with Crippen molar-refractivity contribution in [2.45, 2.75) is 0 Å². The molecule has 0 saturated heterocycles. The summed E-state index contributed by atoms with van der Waals surface area (Å²) in [5.41, 5.74) is 4.04. The molecule has 4 aromatic carbocycles. The van der Waals surface area contributed by atoms with E-state index >= 15 is 0 Å². The van der Waals surface area contributed by atoms with Crippen LogP contribution < -0.4 is 10.2 Å². The maximum absolute atomic E-state index is 12.3. The highest BCUT2D eigenvalue weighted by Crippen LogP contribution is 2.27. The fourth-order valence-electron chi connectivity index (χ4n) is 3.18. The van der Waals surface area contributed by atoms with Crippen molar-refractivity contribution in [2.75, 3.05) is 7.11 Å². The summed E-state index contributed by atoms with van der Waals surface area (Å²) in [6, 6.07) is 25.5. The highest BCUT2D eigenvalue weighted by atomic mass is 16.5. The van der Waals surface area contributed by atoms with Crippen LogP contribution in [0.4, 0.5) is 0 Å². The number of hydrogen-bond donors (Lipinski definition) is 1. The minimum atomic E-state index is -0.282. The molecule has 1 N–H and O–H groups in total. The molecular formula is C23H18N2O2. The maximum Gasteiger partial charge on any atom is 0.271 e. The maximum atomic E-state index is 12.3. The van der Waals surface area contributed by atoms with Crippen LogP contribution in [0.15, 0.2) is 84.0 Å². The second-order valence-electron chi connectivity index (χ2n) is 6.16. The molecule has 1 amide bonds. The normalized spacial score (nSPS) is 11.1. The highest BCUT2D eigenvalue weighted by Gasteiger charge is 2.07. The Kier molecular flexibility index (Phi) is 4.54. The number of hydrogen-bond acceptors (Lipinski definition) is 3. The van der Waals surface area contributed by atoms with Gasteiger partial charge in [-0.25, -0.2) is 5.43 Å². The summed E-state index contributed by atoms with van der Waals surface area (Å²) < 4.78 is 5.15. The lowest BCUT2D eigenvalue weighted by Crippen LogP contribution is -2.17. The molecule has 4 rings (SSSR count). The van der Waals surface area contributed by atoms with Gasteiger partial charge in [-0.15, -0.1) is 0 Å². The Balaban J connectivity index is 1.65. The molecule has 0 atom stereocenters. The molecule has 4 nitrogen and oxygen atoms in total. The average molecular weight is 354 g/mol. The van der Waals surface area contributed by atoms with Crippen molar-refractivity contribution in [3.05, 3.63) is 90.0 Å². The first kappa shape index (κ1) is 16.8. The van der Waals surface area contributed by atoms with Gasteiger partial charge in [0.2, 0.25) is 0 Å². The quantitative estimate of drug-likeness (QED) is 0.326. The van der Waals surface area contributed by atoms with Crippen LogP contribution in [0.1, 0.15) is 15.9 Å². The topological polar surface area (TPSA) is 50.7 Å². The van der Waals surface area contributed by atoms with Crippen LogP contribution in [-0.4, -0.2) is 19.2 Å². The van der Waals surface area contributed by atoms with Gasteiger partial charge in [-0.1, -0.05) is 54.6 Å². The van der Waals surface area contributed by atoms with E-state index in [4.69, 9.17) is 4.74 Å². The van der Waals surface area contributed by atoms with E-state index in [1.54, 1.807) is 37.6 Å². The van der Waals surface area contributed by atoms with Crippen molar-refractivity contribution >= 4 is 33.7 Å². The standard InChI is InChI=1S/C23H18N2O2/c1-27-19-9-6-8-17(14-19)23(26)25-24-15-18-13-16-7-2-3-10-20(16)22-12-5-4-11-21(18)22/h2-15H,1H3,(H,25,26)/b24-15-. The minimum absolute atomic E-state index is 0.282. The molecular weight excluding hydrogens is 336 g/mol. The Morgan fingerprint density at radius 1 is 0.889 bits per heavy atom. The summed E-state index contributed by atoms with van der Waals surface area (Å²) in [5, 5.41) is 8.76. The van der Waals surface area contributed by atoms with Gasteiger partial charge in [-0.2, -0.15) is 5.10 Å². The molecule has 0 aliphatic rings. The van der Waals surface area contributed by atoms with E-state index in [9.17, 15) is 4.79 Å². The Hall–Kier alpha value is -3.66. The lowest BCUT2D eigenvalue weighted by Gasteiger charge is -2.07. The predicted octanol–water partition coefficient (Wildman–Crippen LogP) is 4.77. The molecule has 0 fully saturated rings. The van der Waals surface area contributed by atoms with Gasteiger partial charge in [0.25, 0.3) is 5.91 Å². The first-order valence-corrected chi connectivity index (χ1v) is 8.64. The molecule has 0 heterocycles. The van der Waals surface area contributed by atoms with Crippen LogP contribution in [0, 0.1) is 0 Å². The van der Waals surface area contributed by atoms with Crippen molar-refractivity contribution in [3.8, 4) is 5.75 Å². The molecule has 0 aliphatic heterocycles. The lowest BCUT2D eigenvalue weighted by atomic mass is 9.98. The molecule has 0 aliphatic carbocycles. The van der Waals surface area contributed by atoms with Crippen molar-refractivity contribution < 1.29 is 9.53 Å². The summed E-state index contributed by atoms with van der Waals surface area (Å²) in [7, 11) is 1.57. The van der Waals surface area contributed by atoms with Gasteiger partial charge in [-0.05, 0) is 45.8 Å². The fourth-order valence-corrected chi connectivity index (χ4v) is 3.18. The SMILES string of the molecule is COc1cccc(C(=O)N/N=C\c2cc3ccccc3c3ccccc23)c1. The highest BCUT2D eigenvalue weighted by molar-refractivity contribution is 6.14. The third kappa shape index (κ3) is 3.37. The summed E-state index contributed by atoms with van der Waals surface area (Å²) >= 11 is 0. The summed E-state index contributed by atoms with van der Waals surface area (Å²) in [4.78, 5) is 12.3. The van der Waals surface area contributed by atoms with Crippen LogP contribution >= 0.6 is 0 Å². The number of rotatable bonds is 4. The molecule has 0 unspecified atom stereocenters. The van der Waals surface area contributed by atoms with E-state index in [1.165, 1.54) is 5.39 Å². The van der Waals surface area contributed by atoms with Gasteiger partial charge in [0.05, 0.1) is 13.3 Å². The van der Waals surface area contributed by atoms with E-state index in [0.29, 0.717) is 11.3 Å². The zero-order valence-corrected chi connectivity index (χ0v) is 14.8. The fraction of sp³-hybridized carbons (Fsp3) is 0.0435. The van der Waals surface area contributed by atoms with Crippen molar-refractivity contribution in [3.63, 3.8) is 0 Å². The van der Waals surface area contributed by atoms with Crippen LogP contribution in [0.2, 0.25) is 0 Å². The molecule has 0 bridgehead atoms. The molecule has 27 heavy (non-hydrogen) atoms. The van der Waals surface area contributed by atoms with Gasteiger partial charge in [0.15, 0.2) is 0 Å². The number of nitrogens with zero attached hydrogens (tertiary/aromatic N) is 1. The third-order valence-electron chi connectivity index (χ3n) is 4.50. The second-order valence-corrected chi connectivity index (χ2v) is 6.16. The second kappa shape index (κ2) is 7.30. The van der Waals surface area contributed by atoms with E-state index in [0.717, 1.165) is 21.7 Å². The largest absolute Gasteiger partial charge is 0.497 e. The van der Waals surface area contributed by atoms with Gasteiger partial charge in [0.1, 0.15) is 5.75 Å². The van der Waals surface area contributed by atoms with Crippen LogP contribution in [0.25, 0.3) is 21.5 Å². The van der Waals surface area contributed by atoms with Gasteiger partial charge in [-0.3, -0.25) is 4.79 Å². The molecule has 0 radical (unpaired) electrons. The number of ether oxygens (including phenoxy) is 1. The van der Waals surface area contributed by atoms with Crippen LogP contribution in [0.5, 0.6) is 5.75 Å². The number of methoxy groups -OCH3 is 1. The van der Waals surface area contributed by atoms with Crippen molar-refractivity contribution in [1.29, 1.82) is 0 Å². The lowest BCUT2D eigenvalue weighted by molar-refractivity contribution is 0.0955. The predicted molar refractivity (Wildman–Crippen MR) is 110 cm³/mol. The van der Waals surface area contributed by atoms with Crippen molar-refractivity contribution in [1.82, 2.24) is 5.43 Å². The summed E-state index contributed by atoms with van der Waals surface area (Å²) in [5.74, 6) is 0.349. The van der Waals surface area contributed by atoms with E-state index < -0.39 is 0 Å². The van der Waals surface area contributed by atoms with E-state index in [1.807, 2.05) is 24.3 Å². The smallest absolute Gasteiger partial charge is 0.271 e. The zero-order chi connectivity index (χ0) is 18.6. The number of benzene rings is 4. The Labute approximate surface area is 157 Å². The van der Waals surface area contributed by atoms with E-state index in [2.05, 4.69) is 40.9 Å². The zero-order valence-electron chi connectivity index (χ0n) is 14.8. The van der Waals surface area contributed by atoms with E-state index in [-0.39, 0.29) is 5.91 Å². The summed E-state index contributed by atoms with van der Waals surface area (Å²) in [6.45, 7) is 0. The Morgan fingerprint density at radius 3 is 2.44 bits per heavy atom. The first-order valence-electron chi connectivity index (χ1n) is 8.64. The molecule has 0 spiro atoms. The Morgan fingerprint density at radius 2 is 1.63 bits per heavy atom. The average Bonchev–Trinajstić information content (AvgIpc) is 2.73. The third-order valence-corrected chi connectivity index (χ3v) is 4.50. The molecule has 132 valence electrons. The van der Waals surface area contributed by atoms with Crippen molar-refractivity contribution in [2.24, 2.45) is 5.10 Å². The number of carbonyl (C=O) groups excluding carboxylic acids is 1. The Bertz CT molecular complexity index is 1170. The first-order chi connectivity index (χ1) is 13.3. The van der Waals surface area contributed by atoms with Gasteiger partial charge in [0, 0.05) is 11.1 Å². The van der Waals surface area contributed by atoms with Crippen LogP contribution in [-0.2, 0) is 0 Å². The monoisotopic (exact) mass is 354 g/mol. The molecule has 4 heteroatoms. The van der Waals surface area contributed by atoms with Crippen LogP contribution in [0.3, 0.4) is 0 Å². The summed E-state index contributed by atoms with van der Waals surface area (Å²) in [6.07, 6.45) is 1.69. The number of fused-ring (bicyclic) bond motifs is 3.